The van der Waals surface area contributed by atoms with Crippen molar-refractivity contribution in [2.75, 3.05) is 11.9 Å². The lowest BCUT2D eigenvalue weighted by Crippen LogP contribution is -2.13. The predicted octanol–water partition coefficient (Wildman–Crippen LogP) is 0.447. The molecule has 0 saturated carbocycles. The molecule has 1 rings (SSSR count). The van der Waals surface area contributed by atoms with Crippen molar-refractivity contribution in [2.24, 2.45) is 0 Å². The van der Waals surface area contributed by atoms with Crippen molar-refractivity contribution in [2.45, 2.75) is 6.43 Å². The third-order valence-electron chi connectivity index (χ3n) is 1.13. The lowest BCUT2D eigenvalue weighted by molar-refractivity contribution is 0.163. The lowest BCUT2D eigenvalue weighted by Gasteiger charge is -2.02. The topological polar surface area (TPSA) is 57.8 Å². The van der Waals surface area contributed by atoms with Gasteiger partial charge in [-0.1, -0.05) is 0 Å². The molecule has 4 nitrogen and oxygen atoms in total. The van der Waals surface area contributed by atoms with Gasteiger partial charge in [-0.2, -0.15) is 5.10 Å². The molecule has 0 spiro atoms. The van der Waals surface area contributed by atoms with Crippen LogP contribution in [0.15, 0.2) is 17.1 Å². The van der Waals surface area contributed by atoms with E-state index >= 15 is 0 Å². The molecule has 0 aromatic carbocycles. The summed E-state index contributed by atoms with van der Waals surface area (Å²) in [6, 6.07) is 1.16. The number of rotatable bonds is 3. The summed E-state index contributed by atoms with van der Waals surface area (Å²) >= 11 is 0. The van der Waals surface area contributed by atoms with Crippen molar-refractivity contribution >= 4 is 5.69 Å². The first-order valence-corrected chi connectivity index (χ1v) is 3.25. The fourth-order valence-electron chi connectivity index (χ4n) is 0.668. The van der Waals surface area contributed by atoms with Crippen LogP contribution in [0.3, 0.4) is 0 Å². The number of nitrogens with one attached hydrogen (secondary N) is 2. The molecule has 12 heavy (non-hydrogen) atoms. The van der Waals surface area contributed by atoms with Gasteiger partial charge in [0.05, 0.1) is 18.4 Å². The normalized spacial score (nSPS) is 10.2. The Balaban J connectivity index is 2.58. The van der Waals surface area contributed by atoms with E-state index in [1.165, 1.54) is 6.20 Å². The zero-order valence-electron chi connectivity index (χ0n) is 6.05. The molecule has 0 atom stereocenters. The first-order valence-electron chi connectivity index (χ1n) is 3.25. The third kappa shape index (κ3) is 2.65. The molecule has 0 unspecified atom stereocenters. The molecule has 1 aromatic heterocycles. The molecule has 6 heteroatoms. The standard InChI is InChI=1S/C6H7F2N3O/c7-5(8)3-9-4-1-6(12)11-10-2-4/h1-2,5H,3H2,(H2,9,11,12). The fourth-order valence-corrected chi connectivity index (χ4v) is 0.668. The van der Waals surface area contributed by atoms with Gasteiger partial charge in [-0.3, -0.25) is 4.79 Å². The van der Waals surface area contributed by atoms with Crippen molar-refractivity contribution < 1.29 is 8.78 Å². The van der Waals surface area contributed by atoms with Crippen LogP contribution in [-0.2, 0) is 0 Å². The predicted molar refractivity (Wildman–Crippen MR) is 39.4 cm³/mol. The maximum absolute atomic E-state index is 11.7. The molecule has 0 saturated heterocycles. The van der Waals surface area contributed by atoms with Crippen molar-refractivity contribution in [3.8, 4) is 0 Å². The Morgan fingerprint density at radius 3 is 3.00 bits per heavy atom. The third-order valence-corrected chi connectivity index (χ3v) is 1.13. The number of hydrogen-bond acceptors (Lipinski definition) is 3. The van der Waals surface area contributed by atoms with E-state index in [0.29, 0.717) is 5.69 Å². The summed E-state index contributed by atoms with van der Waals surface area (Å²) in [5.41, 5.74) is -0.131. The van der Waals surface area contributed by atoms with Crippen molar-refractivity contribution in [3.63, 3.8) is 0 Å². The maximum Gasteiger partial charge on any atom is 0.266 e. The second kappa shape index (κ2) is 3.80. The summed E-state index contributed by atoms with van der Waals surface area (Å²) in [5.74, 6) is 0. The summed E-state index contributed by atoms with van der Waals surface area (Å²) in [5, 5.41) is 7.90. The van der Waals surface area contributed by atoms with Gasteiger partial charge in [-0.15, -0.1) is 0 Å². The minimum atomic E-state index is -2.44. The van der Waals surface area contributed by atoms with Crippen molar-refractivity contribution in [1.29, 1.82) is 0 Å². The number of halogens is 2. The highest BCUT2D eigenvalue weighted by atomic mass is 19.3. The smallest absolute Gasteiger partial charge is 0.266 e. The Morgan fingerprint density at radius 2 is 2.42 bits per heavy atom. The van der Waals surface area contributed by atoms with Crippen LogP contribution < -0.4 is 10.9 Å². The summed E-state index contributed by atoms with van der Waals surface area (Å²) in [7, 11) is 0. The van der Waals surface area contributed by atoms with Gasteiger partial charge in [0.15, 0.2) is 0 Å². The highest BCUT2D eigenvalue weighted by Crippen LogP contribution is 2.00. The van der Waals surface area contributed by atoms with Gasteiger partial charge in [-0.25, -0.2) is 13.9 Å². The lowest BCUT2D eigenvalue weighted by atomic mass is 10.4. The number of aromatic amines is 1. The van der Waals surface area contributed by atoms with Gasteiger partial charge in [0.1, 0.15) is 0 Å². The second-order valence-electron chi connectivity index (χ2n) is 2.11. The Labute approximate surface area is 66.6 Å². The average molecular weight is 175 g/mol. The van der Waals surface area contributed by atoms with Crippen LogP contribution in [0.4, 0.5) is 14.5 Å². The largest absolute Gasteiger partial charge is 0.378 e. The Hall–Kier alpha value is -1.46. The van der Waals surface area contributed by atoms with Gasteiger partial charge < -0.3 is 5.32 Å². The van der Waals surface area contributed by atoms with Crippen LogP contribution in [0.1, 0.15) is 0 Å². The van der Waals surface area contributed by atoms with Gasteiger partial charge in [0, 0.05) is 6.07 Å². The first kappa shape index (κ1) is 8.63. The minimum Gasteiger partial charge on any atom is -0.378 e. The first-order chi connectivity index (χ1) is 5.68. The number of anilines is 1. The highest BCUT2D eigenvalue weighted by Gasteiger charge is 2.01. The van der Waals surface area contributed by atoms with Crippen LogP contribution in [0.2, 0.25) is 0 Å². The van der Waals surface area contributed by atoms with Crippen LogP contribution >= 0.6 is 0 Å². The summed E-state index contributed by atoms with van der Waals surface area (Å²) in [6.07, 6.45) is -1.17. The molecule has 1 heterocycles. The summed E-state index contributed by atoms with van der Waals surface area (Å²) < 4.78 is 23.3. The molecule has 0 aliphatic heterocycles. The molecule has 0 aliphatic carbocycles. The van der Waals surface area contributed by atoms with E-state index in [1.807, 2.05) is 0 Å². The average Bonchev–Trinajstić information content (AvgIpc) is 2.01. The molecule has 0 fully saturated rings. The number of H-pyrrole nitrogens is 1. The van der Waals surface area contributed by atoms with E-state index in [1.54, 1.807) is 0 Å². The van der Waals surface area contributed by atoms with E-state index < -0.39 is 18.5 Å². The fraction of sp³-hybridized carbons (Fsp3) is 0.333. The summed E-state index contributed by atoms with van der Waals surface area (Å²) in [4.78, 5) is 10.6. The molecular weight excluding hydrogens is 168 g/mol. The van der Waals surface area contributed by atoms with Gasteiger partial charge in [-0.05, 0) is 0 Å². The SMILES string of the molecule is O=c1cc(NCC(F)F)cn[nH]1. The van der Waals surface area contributed by atoms with Crippen molar-refractivity contribution in [3.05, 3.63) is 22.6 Å². The van der Waals surface area contributed by atoms with E-state index in [-0.39, 0.29) is 0 Å². The van der Waals surface area contributed by atoms with E-state index in [0.717, 1.165) is 6.07 Å². The Morgan fingerprint density at radius 1 is 1.67 bits per heavy atom. The Bertz CT molecular complexity index is 299. The van der Waals surface area contributed by atoms with Crippen LogP contribution in [0.5, 0.6) is 0 Å². The summed E-state index contributed by atoms with van der Waals surface area (Å²) in [6.45, 7) is -0.481. The molecule has 1 aromatic rings. The Kier molecular flexibility index (Phi) is 2.73. The van der Waals surface area contributed by atoms with Crippen molar-refractivity contribution in [1.82, 2.24) is 10.2 Å². The van der Waals surface area contributed by atoms with E-state index in [9.17, 15) is 13.6 Å². The highest BCUT2D eigenvalue weighted by molar-refractivity contribution is 5.38. The minimum absolute atomic E-state index is 0.291. The zero-order valence-corrected chi connectivity index (χ0v) is 6.05. The van der Waals surface area contributed by atoms with E-state index in [4.69, 9.17) is 0 Å². The monoisotopic (exact) mass is 175 g/mol. The van der Waals surface area contributed by atoms with Crippen LogP contribution in [0, 0.1) is 0 Å². The van der Waals surface area contributed by atoms with E-state index in [2.05, 4.69) is 15.5 Å². The van der Waals surface area contributed by atoms with Crippen LogP contribution in [-0.4, -0.2) is 23.2 Å². The molecule has 0 amide bonds. The van der Waals surface area contributed by atoms with Gasteiger partial charge >= 0.3 is 0 Å². The zero-order chi connectivity index (χ0) is 8.97. The molecule has 66 valence electrons. The number of hydrogen-bond donors (Lipinski definition) is 2. The van der Waals surface area contributed by atoms with Gasteiger partial charge in [0.25, 0.3) is 12.0 Å². The molecule has 2 N–H and O–H groups in total. The number of alkyl halides is 2. The quantitative estimate of drug-likeness (QED) is 0.701. The number of aromatic nitrogens is 2. The van der Waals surface area contributed by atoms with Crippen LogP contribution in [0.25, 0.3) is 0 Å². The number of nitrogens with zero attached hydrogens (tertiary/aromatic N) is 1. The molecular formula is C6H7F2N3O. The molecule has 0 bridgehead atoms. The molecule has 0 aliphatic rings. The van der Waals surface area contributed by atoms with Gasteiger partial charge in [0.2, 0.25) is 0 Å². The second-order valence-corrected chi connectivity index (χ2v) is 2.11. The molecule has 0 radical (unpaired) electrons. The maximum atomic E-state index is 11.7.